The molecular formula is C64H50N8O2. The Bertz CT molecular complexity index is 3840. The van der Waals surface area contributed by atoms with Crippen LogP contribution in [0.1, 0.15) is 41.0 Å². The quantitative estimate of drug-likeness (QED) is 0.117. The van der Waals surface area contributed by atoms with Gasteiger partial charge in [-0.05, 0) is 184 Å². The van der Waals surface area contributed by atoms with Crippen LogP contribution in [0.15, 0.2) is 215 Å². The van der Waals surface area contributed by atoms with Crippen molar-refractivity contribution in [2.45, 2.75) is 40.5 Å². The second-order valence-corrected chi connectivity index (χ2v) is 18.8. The molecule has 0 saturated heterocycles. The molecule has 0 amide bonds. The molecule has 3 aromatic heterocycles. The van der Waals surface area contributed by atoms with Crippen molar-refractivity contribution < 1.29 is 8.83 Å². The summed E-state index contributed by atoms with van der Waals surface area (Å²) >= 11 is 0. The summed E-state index contributed by atoms with van der Waals surface area (Å²) < 4.78 is 12.3. The Hall–Kier alpha value is -9.54. The average molecular weight is 963 g/mol. The van der Waals surface area contributed by atoms with E-state index in [-0.39, 0.29) is 0 Å². The van der Waals surface area contributed by atoms with E-state index in [4.69, 9.17) is 18.8 Å². The van der Waals surface area contributed by atoms with Gasteiger partial charge in [0.25, 0.3) is 0 Å². The Morgan fingerprint density at radius 3 is 1.12 bits per heavy atom. The van der Waals surface area contributed by atoms with Crippen LogP contribution in [0.5, 0.6) is 0 Å². The predicted molar refractivity (Wildman–Crippen MR) is 297 cm³/mol. The minimum Gasteiger partial charge on any atom is -0.416 e. The Kier molecular flexibility index (Phi) is 12.1. The van der Waals surface area contributed by atoms with Gasteiger partial charge in [0, 0.05) is 67.5 Å². The zero-order valence-electron chi connectivity index (χ0n) is 41.4. The Balaban J connectivity index is 0.880. The van der Waals surface area contributed by atoms with E-state index in [0.717, 1.165) is 103 Å². The van der Waals surface area contributed by atoms with Gasteiger partial charge < -0.3 is 18.6 Å². The molecule has 3 heterocycles. The monoisotopic (exact) mass is 962 g/mol. The van der Waals surface area contributed by atoms with Gasteiger partial charge in [0.1, 0.15) is 0 Å². The number of benzene rings is 8. The number of allylic oxidation sites excluding steroid dienone is 4. The third kappa shape index (κ3) is 9.28. The Morgan fingerprint density at radius 2 is 0.716 bits per heavy atom. The predicted octanol–water partition coefficient (Wildman–Crippen LogP) is 16.6. The van der Waals surface area contributed by atoms with Crippen LogP contribution in [0, 0.1) is 27.7 Å². The maximum absolute atomic E-state index is 6.15. The van der Waals surface area contributed by atoms with Crippen LogP contribution in [-0.4, -0.2) is 30.4 Å². The highest BCUT2D eigenvalue weighted by Gasteiger charge is 2.21. The lowest BCUT2D eigenvalue weighted by atomic mass is 10.0. The van der Waals surface area contributed by atoms with Crippen molar-refractivity contribution in [2.75, 3.05) is 9.80 Å². The molecule has 8 aromatic carbocycles. The number of fused-ring (bicyclic) bond motifs is 1. The molecule has 358 valence electrons. The number of para-hydroxylation sites is 2. The van der Waals surface area contributed by atoms with Gasteiger partial charge in [-0.3, -0.25) is 0 Å². The van der Waals surface area contributed by atoms with Crippen LogP contribution in [0.2, 0.25) is 0 Å². The SMILES string of the molecule is Cc1cc(C)cc(N(c2ccc(-c3nnc(C4=CCCC=C4)o3)cc2)c2ccc(-c3nc4ccccc4nc3-c3ccc(N(c4ccc(-c5nnc(-c6ccccc6)o5)cc4)c4cc(C)cc(C)c4)cc3)cc2)c1. The Morgan fingerprint density at radius 1 is 0.351 bits per heavy atom. The molecule has 11 aromatic rings. The third-order valence-electron chi connectivity index (χ3n) is 13.2. The molecule has 10 nitrogen and oxygen atoms in total. The first-order valence-electron chi connectivity index (χ1n) is 24.8. The molecule has 0 bridgehead atoms. The van der Waals surface area contributed by atoms with E-state index in [1.165, 1.54) is 22.3 Å². The molecule has 0 unspecified atom stereocenters. The number of nitrogens with zero attached hydrogens (tertiary/aromatic N) is 8. The summed E-state index contributed by atoms with van der Waals surface area (Å²) in [5.74, 6) is 1.97. The largest absolute Gasteiger partial charge is 0.416 e. The lowest BCUT2D eigenvalue weighted by molar-refractivity contribution is 0.554. The molecule has 10 heteroatoms. The molecule has 0 fully saturated rings. The molecule has 12 rings (SSSR count). The van der Waals surface area contributed by atoms with Gasteiger partial charge in [0.2, 0.25) is 23.6 Å². The van der Waals surface area contributed by atoms with E-state index in [9.17, 15) is 0 Å². The van der Waals surface area contributed by atoms with Crippen molar-refractivity contribution in [3.63, 3.8) is 0 Å². The van der Waals surface area contributed by atoms with E-state index in [2.05, 4.69) is 179 Å². The van der Waals surface area contributed by atoms with Gasteiger partial charge in [0.15, 0.2) is 0 Å². The van der Waals surface area contributed by atoms with Crippen LogP contribution < -0.4 is 9.80 Å². The van der Waals surface area contributed by atoms with E-state index < -0.39 is 0 Å². The zero-order chi connectivity index (χ0) is 50.1. The summed E-state index contributed by atoms with van der Waals surface area (Å²) in [6.07, 6.45) is 8.32. The van der Waals surface area contributed by atoms with Gasteiger partial charge in [-0.15, -0.1) is 20.4 Å². The van der Waals surface area contributed by atoms with Crippen LogP contribution >= 0.6 is 0 Å². The smallest absolute Gasteiger partial charge is 0.248 e. The van der Waals surface area contributed by atoms with E-state index >= 15 is 0 Å². The van der Waals surface area contributed by atoms with Crippen molar-refractivity contribution in [1.29, 1.82) is 0 Å². The summed E-state index contributed by atoms with van der Waals surface area (Å²) in [4.78, 5) is 15.1. The van der Waals surface area contributed by atoms with Gasteiger partial charge >= 0.3 is 0 Å². The first-order chi connectivity index (χ1) is 36.3. The van der Waals surface area contributed by atoms with Crippen LogP contribution in [0.4, 0.5) is 34.1 Å². The molecule has 0 atom stereocenters. The maximum atomic E-state index is 6.15. The van der Waals surface area contributed by atoms with Gasteiger partial charge in [-0.25, -0.2) is 9.97 Å². The van der Waals surface area contributed by atoms with E-state index in [0.29, 0.717) is 23.6 Å². The second-order valence-electron chi connectivity index (χ2n) is 18.8. The van der Waals surface area contributed by atoms with Crippen molar-refractivity contribution in [3.05, 3.63) is 234 Å². The fourth-order valence-electron chi connectivity index (χ4n) is 9.77. The molecule has 1 aliphatic rings. The number of rotatable bonds is 12. The molecule has 74 heavy (non-hydrogen) atoms. The first-order valence-corrected chi connectivity index (χ1v) is 24.8. The lowest BCUT2D eigenvalue weighted by Gasteiger charge is -2.27. The maximum Gasteiger partial charge on any atom is 0.248 e. The molecule has 0 radical (unpaired) electrons. The topological polar surface area (TPSA) is 110 Å². The molecule has 0 saturated carbocycles. The fourth-order valence-corrected chi connectivity index (χ4v) is 9.77. The summed E-state index contributed by atoms with van der Waals surface area (Å²) in [7, 11) is 0. The molecular weight excluding hydrogens is 913 g/mol. The van der Waals surface area contributed by atoms with Crippen molar-refractivity contribution in [2.24, 2.45) is 0 Å². The van der Waals surface area contributed by atoms with Crippen LogP contribution in [-0.2, 0) is 0 Å². The minimum atomic E-state index is 0.463. The van der Waals surface area contributed by atoms with Crippen LogP contribution in [0.3, 0.4) is 0 Å². The van der Waals surface area contributed by atoms with Crippen molar-refractivity contribution in [1.82, 2.24) is 30.4 Å². The second kappa shape index (κ2) is 19.6. The highest BCUT2D eigenvalue weighted by Crippen LogP contribution is 2.41. The average Bonchev–Trinajstić information content (AvgIpc) is 4.14. The van der Waals surface area contributed by atoms with Crippen molar-refractivity contribution in [3.8, 4) is 56.9 Å². The highest BCUT2D eigenvalue weighted by molar-refractivity contribution is 5.89. The third-order valence-corrected chi connectivity index (χ3v) is 13.2. The fraction of sp³-hybridized carbons (Fsp3) is 0.0938. The number of anilines is 6. The highest BCUT2D eigenvalue weighted by atomic mass is 16.4. The van der Waals surface area contributed by atoms with Crippen molar-refractivity contribution >= 4 is 50.7 Å². The van der Waals surface area contributed by atoms with E-state index in [1.54, 1.807) is 0 Å². The molecule has 0 spiro atoms. The summed E-state index contributed by atoms with van der Waals surface area (Å²) in [6, 6.07) is 64.9. The van der Waals surface area contributed by atoms with Gasteiger partial charge in [-0.2, -0.15) is 0 Å². The molecule has 0 N–H and O–H groups in total. The summed E-state index contributed by atoms with van der Waals surface area (Å²) in [5.41, 5.74) is 19.4. The summed E-state index contributed by atoms with van der Waals surface area (Å²) in [5, 5.41) is 17.5. The summed E-state index contributed by atoms with van der Waals surface area (Å²) in [6.45, 7) is 8.53. The van der Waals surface area contributed by atoms with E-state index in [1.807, 2.05) is 84.9 Å². The Labute approximate surface area is 429 Å². The van der Waals surface area contributed by atoms with Gasteiger partial charge in [0.05, 0.1) is 22.4 Å². The minimum absolute atomic E-state index is 0.463. The normalized spacial score (nSPS) is 12.2. The standard InChI is InChI=1S/C64H50N8O2/c1-41-35-42(2)38-55(37-41)71(53-31-23-49(24-32-53)63-69-67-61(73-63)47-13-7-5-8-14-47)51-27-19-45(20-28-51)59-60(66-58-18-12-11-17-57(58)65-59)46-21-29-52(30-22-46)72(56-39-43(3)36-44(4)40-56)54-33-25-50(26-34-54)64-70-68-62(74-64)48-15-9-6-10-16-48/h5,7-9,11-40H,6,10H2,1-4H3. The number of hydrogen-bond acceptors (Lipinski definition) is 10. The zero-order valence-corrected chi connectivity index (χ0v) is 41.4. The molecule has 0 aliphatic heterocycles. The van der Waals surface area contributed by atoms with Crippen LogP contribution in [0.25, 0.3) is 73.5 Å². The number of aromatic nitrogens is 6. The first kappa shape index (κ1) is 45.6. The number of aryl methyl sites for hydroxylation is 4. The lowest BCUT2D eigenvalue weighted by Crippen LogP contribution is -2.10. The molecule has 1 aliphatic carbocycles. The van der Waals surface area contributed by atoms with Gasteiger partial charge in [-0.1, -0.05) is 85.0 Å². The number of hydrogen-bond donors (Lipinski definition) is 0.